The molecule has 6 heteroatoms. The van der Waals surface area contributed by atoms with E-state index >= 15 is 0 Å². The molecule has 1 N–H and O–H groups in total. The van der Waals surface area contributed by atoms with Gasteiger partial charge in [-0.3, -0.25) is 15.1 Å². The van der Waals surface area contributed by atoms with Gasteiger partial charge in [0.25, 0.3) is 0 Å². The van der Waals surface area contributed by atoms with Crippen LogP contribution < -0.4 is 10.1 Å². The second kappa shape index (κ2) is 7.35. The first-order valence-corrected chi connectivity index (χ1v) is 6.64. The number of rotatable bonds is 7. The van der Waals surface area contributed by atoms with E-state index in [0.717, 1.165) is 11.1 Å². The summed E-state index contributed by atoms with van der Waals surface area (Å²) in [6.45, 7) is 0.967. The maximum Gasteiger partial charge on any atom is 0.311 e. The smallest absolute Gasteiger partial charge is 0.311 e. The zero-order chi connectivity index (χ0) is 15.1. The Morgan fingerprint density at radius 2 is 2.00 bits per heavy atom. The Labute approximate surface area is 122 Å². The van der Waals surface area contributed by atoms with Crippen molar-refractivity contribution < 1.29 is 9.66 Å². The van der Waals surface area contributed by atoms with Crippen molar-refractivity contribution in [3.63, 3.8) is 0 Å². The molecule has 0 aliphatic heterocycles. The average Bonchev–Trinajstić information content (AvgIpc) is 2.49. The molecule has 0 aliphatic carbocycles. The number of hydrogen-bond acceptors (Lipinski definition) is 5. The first-order chi connectivity index (χ1) is 10.2. The maximum atomic E-state index is 11.1. The summed E-state index contributed by atoms with van der Waals surface area (Å²) in [4.78, 5) is 14.6. The molecule has 1 aromatic heterocycles. The fraction of sp³-hybridized carbons (Fsp3) is 0.267. The SMILES string of the molecule is CNCc1ccc(OCCc2ccncc2)c([N+](=O)[O-])c1. The number of pyridine rings is 1. The Balaban J connectivity index is 2.03. The molecule has 0 aliphatic rings. The highest BCUT2D eigenvalue weighted by atomic mass is 16.6. The lowest BCUT2D eigenvalue weighted by molar-refractivity contribution is -0.385. The average molecular weight is 287 g/mol. The summed E-state index contributed by atoms with van der Waals surface area (Å²) in [7, 11) is 1.80. The number of nitrogens with zero attached hydrogens (tertiary/aromatic N) is 2. The molecule has 0 fully saturated rings. The van der Waals surface area contributed by atoms with Gasteiger partial charge < -0.3 is 10.1 Å². The molecule has 0 bridgehead atoms. The zero-order valence-electron chi connectivity index (χ0n) is 11.8. The summed E-state index contributed by atoms with van der Waals surface area (Å²) in [6, 6.07) is 8.81. The molecule has 2 rings (SSSR count). The maximum absolute atomic E-state index is 11.1. The van der Waals surface area contributed by atoms with Crippen LogP contribution in [0.5, 0.6) is 5.75 Å². The standard InChI is InChI=1S/C15H17N3O3/c1-16-11-13-2-3-15(14(10-13)18(19)20)21-9-6-12-4-7-17-8-5-12/h2-5,7-8,10,16H,6,9,11H2,1H3. The van der Waals surface area contributed by atoms with E-state index in [2.05, 4.69) is 10.3 Å². The van der Waals surface area contributed by atoms with Gasteiger partial charge in [0.2, 0.25) is 0 Å². The number of nitro groups is 1. The van der Waals surface area contributed by atoms with Crippen LogP contribution in [0, 0.1) is 10.1 Å². The van der Waals surface area contributed by atoms with Gasteiger partial charge in [0.05, 0.1) is 11.5 Å². The number of ether oxygens (including phenoxy) is 1. The first kappa shape index (κ1) is 14.9. The molecule has 0 saturated heterocycles. The molecule has 0 atom stereocenters. The fourth-order valence-corrected chi connectivity index (χ4v) is 1.97. The minimum absolute atomic E-state index is 0.00233. The van der Waals surface area contributed by atoms with Crippen LogP contribution in [0.15, 0.2) is 42.7 Å². The Kier molecular flexibility index (Phi) is 5.22. The van der Waals surface area contributed by atoms with Crippen LogP contribution in [0.4, 0.5) is 5.69 Å². The number of hydrogen-bond donors (Lipinski definition) is 1. The number of benzene rings is 1. The van der Waals surface area contributed by atoms with Gasteiger partial charge in [-0.15, -0.1) is 0 Å². The van der Waals surface area contributed by atoms with Crippen LogP contribution in [-0.4, -0.2) is 23.6 Å². The van der Waals surface area contributed by atoms with Crippen LogP contribution in [0.2, 0.25) is 0 Å². The Bertz CT molecular complexity index is 602. The third-order valence-corrected chi connectivity index (χ3v) is 3.00. The molecule has 21 heavy (non-hydrogen) atoms. The van der Waals surface area contributed by atoms with Crippen LogP contribution in [0.1, 0.15) is 11.1 Å². The molecule has 110 valence electrons. The van der Waals surface area contributed by atoms with Crippen LogP contribution in [0.3, 0.4) is 0 Å². The molecule has 2 aromatic rings. The first-order valence-electron chi connectivity index (χ1n) is 6.64. The van der Waals surface area contributed by atoms with Gasteiger partial charge in [0.1, 0.15) is 0 Å². The second-order valence-electron chi connectivity index (χ2n) is 4.54. The van der Waals surface area contributed by atoms with Crippen molar-refractivity contribution in [2.75, 3.05) is 13.7 Å². The van der Waals surface area contributed by atoms with E-state index in [4.69, 9.17) is 4.74 Å². The monoisotopic (exact) mass is 287 g/mol. The summed E-state index contributed by atoms with van der Waals surface area (Å²) >= 11 is 0. The van der Waals surface area contributed by atoms with E-state index < -0.39 is 4.92 Å². The Morgan fingerprint density at radius 1 is 1.24 bits per heavy atom. The predicted octanol–water partition coefficient (Wildman–Crippen LogP) is 2.33. The van der Waals surface area contributed by atoms with Crippen molar-refractivity contribution in [3.05, 3.63) is 64.0 Å². The molecule has 0 spiro atoms. The molecule has 0 radical (unpaired) electrons. The van der Waals surface area contributed by atoms with E-state index in [9.17, 15) is 10.1 Å². The normalized spacial score (nSPS) is 10.3. The highest BCUT2D eigenvalue weighted by molar-refractivity contribution is 5.48. The minimum atomic E-state index is -0.416. The minimum Gasteiger partial charge on any atom is -0.486 e. The van der Waals surface area contributed by atoms with Crippen LogP contribution >= 0.6 is 0 Å². The zero-order valence-corrected chi connectivity index (χ0v) is 11.8. The highest BCUT2D eigenvalue weighted by Crippen LogP contribution is 2.28. The van der Waals surface area contributed by atoms with Gasteiger partial charge in [-0.1, -0.05) is 6.07 Å². The van der Waals surface area contributed by atoms with Gasteiger partial charge in [0, 0.05) is 31.4 Å². The number of aromatic nitrogens is 1. The summed E-state index contributed by atoms with van der Waals surface area (Å²) < 4.78 is 5.55. The van der Waals surface area contributed by atoms with Crippen LogP contribution in [0.25, 0.3) is 0 Å². The van der Waals surface area contributed by atoms with E-state index in [1.54, 1.807) is 25.5 Å². The van der Waals surface area contributed by atoms with E-state index in [-0.39, 0.29) is 5.69 Å². The van der Waals surface area contributed by atoms with Crippen molar-refractivity contribution >= 4 is 5.69 Å². The summed E-state index contributed by atoms with van der Waals surface area (Å²) in [5.41, 5.74) is 1.93. The fourth-order valence-electron chi connectivity index (χ4n) is 1.97. The lowest BCUT2D eigenvalue weighted by Crippen LogP contribution is -2.07. The van der Waals surface area contributed by atoms with E-state index in [1.165, 1.54) is 6.07 Å². The molecule has 0 unspecified atom stereocenters. The van der Waals surface area contributed by atoms with Crippen molar-refractivity contribution in [1.82, 2.24) is 10.3 Å². The summed E-state index contributed by atoms with van der Waals surface area (Å²) in [6.07, 6.45) is 4.10. The number of nitro benzene ring substituents is 1. The van der Waals surface area contributed by atoms with E-state index in [1.807, 2.05) is 18.2 Å². The van der Waals surface area contributed by atoms with Crippen molar-refractivity contribution in [2.24, 2.45) is 0 Å². The lowest BCUT2D eigenvalue weighted by Gasteiger charge is -2.08. The number of nitrogens with one attached hydrogen (secondary N) is 1. The summed E-state index contributed by atoms with van der Waals surface area (Å²) in [5.74, 6) is 0.300. The molecule has 1 aromatic carbocycles. The summed E-state index contributed by atoms with van der Waals surface area (Å²) in [5, 5.41) is 14.1. The molecular weight excluding hydrogens is 270 g/mol. The molecule has 0 amide bonds. The van der Waals surface area contributed by atoms with E-state index in [0.29, 0.717) is 25.3 Å². The van der Waals surface area contributed by atoms with Gasteiger partial charge in [-0.2, -0.15) is 0 Å². The van der Waals surface area contributed by atoms with Gasteiger partial charge >= 0.3 is 5.69 Å². The molecular formula is C15H17N3O3. The predicted molar refractivity (Wildman–Crippen MR) is 79.3 cm³/mol. The Hall–Kier alpha value is -2.47. The second-order valence-corrected chi connectivity index (χ2v) is 4.54. The molecule has 6 nitrogen and oxygen atoms in total. The van der Waals surface area contributed by atoms with Gasteiger partial charge in [-0.05, 0) is 36.4 Å². The lowest BCUT2D eigenvalue weighted by atomic mass is 10.2. The largest absolute Gasteiger partial charge is 0.486 e. The molecule has 0 saturated carbocycles. The van der Waals surface area contributed by atoms with Gasteiger partial charge in [-0.25, -0.2) is 0 Å². The topological polar surface area (TPSA) is 77.3 Å². The quantitative estimate of drug-likeness (QED) is 0.624. The van der Waals surface area contributed by atoms with Crippen LogP contribution in [-0.2, 0) is 13.0 Å². The third kappa shape index (κ3) is 4.25. The highest BCUT2D eigenvalue weighted by Gasteiger charge is 2.15. The third-order valence-electron chi connectivity index (χ3n) is 3.00. The Morgan fingerprint density at radius 3 is 2.67 bits per heavy atom. The van der Waals surface area contributed by atoms with Crippen molar-refractivity contribution in [2.45, 2.75) is 13.0 Å². The molecule has 1 heterocycles. The van der Waals surface area contributed by atoms with Crippen molar-refractivity contribution in [3.8, 4) is 5.75 Å². The van der Waals surface area contributed by atoms with Gasteiger partial charge in [0.15, 0.2) is 5.75 Å². The van der Waals surface area contributed by atoms with Crippen molar-refractivity contribution in [1.29, 1.82) is 0 Å².